The van der Waals surface area contributed by atoms with Gasteiger partial charge in [-0.2, -0.15) is 5.10 Å². The first-order valence-electron chi connectivity index (χ1n) is 5.43. The summed E-state index contributed by atoms with van der Waals surface area (Å²) >= 11 is 0. The third-order valence-electron chi connectivity index (χ3n) is 2.46. The molecule has 5 heteroatoms. The molecule has 0 fully saturated rings. The number of nitrogens with one attached hydrogen (secondary N) is 2. The Morgan fingerprint density at radius 3 is 3.06 bits per heavy atom. The van der Waals surface area contributed by atoms with E-state index in [4.69, 9.17) is 0 Å². The minimum absolute atomic E-state index is 0.0441. The number of aromatic amines is 1. The van der Waals surface area contributed by atoms with E-state index in [1.54, 1.807) is 18.6 Å². The largest absolute Gasteiger partial charge is 0.349 e. The van der Waals surface area contributed by atoms with E-state index >= 15 is 0 Å². The molecule has 0 aliphatic carbocycles. The Kier molecular flexibility index (Phi) is 3.49. The van der Waals surface area contributed by atoms with Crippen LogP contribution < -0.4 is 5.32 Å². The number of hydrogen-bond acceptors (Lipinski definition) is 3. The molecule has 17 heavy (non-hydrogen) atoms. The molecule has 0 aliphatic heterocycles. The van der Waals surface area contributed by atoms with E-state index in [9.17, 15) is 4.79 Å². The van der Waals surface area contributed by atoms with Gasteiger partial charge in [0, 0.05) is 23.7 Å². The molecule has 2 rings (SSSR count). The zero-order chi connectivity index (χ0) is 12.1. The number of carbonyl (C=O) groups is 1. The van der Waals surface area contributed by atoms with Crippen LogP contribution in [0.1, 0.15) is 24.2 Å². The quantitative estimate of drug-likeness (QED) is 0.829. The fraction of sp³-hybridized carbons (Fsp3) is 0.250. The topological polar surface area (TPSA) is 70.7 Å². The summed E-state index contributed by atoms with van der Waals surface area (Å²) in [6.07, 6.45) is 5.45. The zero-order valence-corrected chi connectivity index (χ0v) is 9.55. The number of pyridine rings is 1. The fourth-order valence-electron chi connectivity index (χ4n) is 1.54. The second-order valence-corrected chi connectivity index (χ2v) is 3.82. The highest BCUT2D eigenvalue weighted by molar-refractivity contribution is 5.78. The predicted molar refractivity (Wildman–Crippen MR) is 63.1 cm³/mol. The maximum Gasteiger partial charge on any atom is 0.226 e. The molecule has 2 heterocycles. The number of carbonyl (C=O) groups excluding carboxylic acids is 1. The van der Waals surface area contributed by atoms with Crippen LogP contribution in [0.3, 0.4) is 0 Å². The van der Waals surface area contributed by atoms with Gasteiger partial charge in [-0.1, -0.05) is 6.07 Å². The Morgan fingerprint density at radius 1 is 1.53 bits per heavy atom. The van der Waals surface area contributed by atoms with Gasteiger partial charge in [-0.3, -0.25) is 14.9 Å². The van der Waals surface area contributed by atoms with Crippen LogP contribution in [0, 0.1) is 0 Å². The van der Waals surface area contributed by atoms with Gasteiger partial charge < -0.3 is 5.32 Å². The van der Waals surface area contributed by atoms with Crippen LogP contribution in [-0.4, -0.2) is 21.1 Å². The van der Waals surface area contributed by atoms with Gasteiger partial charge in [-0.05, 0) is 19.1 Å². The molecule has 5 nitrogen and oxygen atoms in total. The minimum Gasteiger partial charge on any atom is -0.349 e. The monoisotopic (exact) mass is 230 g/mol. The summed E-state index contributed by atoms with van der Waals surface area (Å²) < 4.78 is 0. The maximum absolute atomic E-state index is 11.7. The SMILES string of the molecule is CC(NC(=O)Cc1ccccn1)c1cn[nH]c1. The Labute approximate surface area is 99.3 Å². The molecule has 0 bridgehead atoms. The molecule has 0 radical (unpaired) electrons. The summed E-state index contributed by atoms with van der Waals surface area (Å²) in [5.74, 6) is -0.0441. The van der Waals surface area contributed by atoms with Gasteiger partial charge in [0.15, 0.2) is 0 Å². The first kappa shape index (κ1) is 11.3. The van der Waals surface area contributed by atoms with E-state index < -0.39 is 0 Å². The van der Waals surface area contributed by atoms with Gasteiger partial charge >= 0.3 is 0 Å². The molecule has 0 aromatic carbocycles. The van der Waals surface area contributed by atoms with Crippen molar-refractivity contribution in [3.8, 4) is 0 Å². The summed E-state index contributed by atoms with van der Waals surface area (Å²) in [5.41, 5.74) is 1.73. The highest BCUT2D eigenvalue weighted by atomic mass is 16.1. The van der Waals surface area contributed by atoms with Crippen molar-refractivity contribution < 1.29 is 4.79 Å². The van der Waals surface area contributed by atoms with E-state index in [2.05, 4.69) is 20.5 Å². The van der Waals surface area contributed by atoms with E-state index in [0.717, 1.165) is 11.3 Å². The Morgan fingerprint density at radius 2 is 2.41 bits per heavy atom. The third kappa shape index (κ3) is 3.14. The van der Waals surface area contributed by atoms with Crippen LogP contribution in [0.5, 0.6) is 0 Å². The number of aromatic nitrogens is 3. The summed E-state index contributed by atoms with van der Waals surface area (Å²) in [5, 5.41) is 9.46. The fourth-order valence-corrected chi connectivity index (χ4v) is 1.54. The van der Waals surface area contributed by atoms with Crippen LogP contribution in [0.4, 0.5) is 0 Å². The van der Waals surface area contributed by atoms with Crippen LogP contribution >= 0.6 is 0 Å². The van der Waals surface area contributed by atoms with Crippen LogP contribution in [-0.2, 0) is 11.2 Å². The number of H-pyrrole nitrogens is 1. The molecule has 88 valence electrons. The lowest BCUT2D eigenvalue weighted by atomic mass is 10.2. The molecule has 2 aromatic heterocycles. The van der Waals surface area contributed by atoms with Crippen molar-refractivity contribution in [1.82, 2.24) is 20.5 Å². The molecule has 0 aliphatic rings. The molecule has 1 unspecified atom stereocenters. The van der Waals surface area contributed by atoms with E-state index in [0.29, 0.717) is 6.42 Å². The first-order chi connectivity index (χ1) is 8.25. The molecule has 1 atom stereocenters. The van der Waals surface area contributed by atoms with Crippen molar-refractivity contribution in [1.29, 1.82) is 0 Å². The molecule has 1 amide bonds. The number of amides is 1. The van der Waals surface area contributed by atoms with Crippen molar-refractivity contribution in [3.63, 3.8) is 0 Å². The van der Waals surface area contributed by atoms with Crippen molar-refractivity contribution >= 4 is 5.91 Å². The molecule has 0 spiro atoms. The van der Waals surface area contributed by atoms with Crippen molar-refractivity contribution in [2.24, 2.45) is 0 Å². The van der Waals surface area contributed by atoms with Crippen LogP contribution in [0.2, 0.25) is 0 Å². The van der Waals surface area contributed by atoms with Gasteiger partial charge in [0.2, 0.25) is 5.91 Å². The van der Waals surface area contributed by atoms with Gasteiger partial charge in [-0.25, -0.2) is 0 Å². The summed E-state index contributed by atoms with van der Waals surface area (Å²) in [7, 11) is 0. The smallest absolute Gasteiger partial charge is 0.226 e. The van der Waals surface area contributed by atoms with E-state index in [-0.39, 0.29) is 11.9 Å². The maximum atomic E-state index is 11.7. The normalized spacial score (nSPS) is 12.1. The minimum atomic E-state index is -0.0510. The molecular weight excluding hydrogens is 216 g/mol. The Hall–Kier alpha value is -2.17. The van der Waals surface area contributed by atoms with Gasteiger partial charge in [0.25, 0.3) is 0 Å². The summed E-state index contributed by atoms with van der Waals surface area (Å²) in [4.78, 5) is 15.8. The number of rotatable bonds is 4. The van der Waals surface area contributed by atoms with Crippen molar-refractivity contribution in [3.05, 3.63) is 48.0 Å². The average molecular weight is 230 g/mol. The second-order valence-electron chi connectivity index (χ2n) is 3.82. The zero-order valence-electron chi connectivity index (χ0n) is 9.55. The lowest BCUT2D eigenvalue weighted by molar-refractivity contribution is -0.121. The van der Waals surface area contributed by atoms with Crippen molar-refractivity contribution in [2.75, 3.05) is 0 Å². The molecular formula is C12H14N4O. The summed E-state index contributed by atoms with van der Waals surface area (Å²) in [6.45, 7) is 1.92. The predicted octanol–water partition coefficient (Wildman–Crippen LogP) is 1.22. The van der Waals surface area contributed by atoms with Crippen molar-refractivity contribution in [2.45, 2.75) is 19.4 Å². The molecule has 0 saturated carbocycles. The average Bonchev–Trinajstić information content (AvgIpc) is 2.83. The second kappa shape index (κ2) is 5.25. The molecule has 2 N–H and O–H groups in total. The standard InChI is InChI=1S/C12H14N4O/c1-9(10-7-14-15-8-10)16-12(17)6-11-4-2-3-5-13-11/h2-5,7-9H,6H2,1H3,(H,14,15)(H,16,17). The highest BCUT2D eigenvalue weighted by Crippen LogP contribution is 2.09. The highest BCUT2D eigenvalue weighted by Gasteiger charge is 2.10. The number of nitrogens with zero attached hydrogens (tertiary/aromatic N) is 2. The van der Waals surface area contributed by atoms with Crippen LogP contribution in [0.25, 0.3) is 0 Å². The van der Waals surface area contributed by atoms with Gasteiger partial charge in [0.1, 0.15) is 0 Å². The van der Waals surface area contributed by atoms with E-state index in [1.165, 1.54) is 0 Å². The van der Waals surface area contributed by atoms with Crippen LogP contribution in [0.15, 0.2) is 36.8 Å². The first-order valence-corrected chi connectivity index (χ1v) is 5.43. The Bertz CT molecular complexity index is 467. The summed E-state index contributed by atoms with van der Waals surface area (Å²) in [6, 6.07) is 5.48. The number of hydrogen-bond donors (Lipinski definition) is 2. The lowest BCUT2D eigenvalue weighted by Gasteiger charge is -2.11. The van der Waals surface area contributed by atoms with Gasteiger partial charge in [-0.15, -0.1) is 0 Å². The lowest BCUT2D eigenvalue weighted by Crippen LogP contribution is -2.28. The molecule has 2 aromatic rings. The van der Waals surface area contributed by atoms with E-state index in [1.807, 2.05) is 25.1 Å². The Balaban J connectivity index is 1.90. The third-order valence-corrected chi connectivity index (χ3v) is 2.46. The molecule has 0 saturated heterocycles. The van der Waals surface area contributed by atoms with Gasteiger partial charge in [0.05, 0.1) is 18.7 Å².